The number of ether oxygens (including phenoxy) is 1. The first-order chi connectivity index (χ1) is 9.79. The SMILES string of the molecule is O=C(CN1CC2CCC(C1)O2)c1coc2ccccc12. The highest BCUT2D eigenvalue weighted by Gasteiger charge is 2.34. The monoisotopic (exact) mass is 271 g/mol. The first kappa shape index (κ1) is 12.1. The van der Waals surface area contributed by atoms with Crippen molar-refractivity contribution in [2.75, 3.05) is 19.6 Å². The number of rotatable bonds is 3. The van der Waals surface area contributed by atoms with Gasteiger partial charge in [0, 0.05) is 18.5 Å². The highest BCUT2D eigenvalue weighted by molar-refractivity contribution is 6.08. The Morgan fingerprint density at radius 1 is 1.20 bits per heavy atom. The van der Waals surface area contributed by atoms with Crippen LogP contribution in [0.1, 0.15) is 23.2 Å². The second-order valence-electron chi connectivity index (χ2n) is 5.72. The molecular formula is C16H17NO3. The van der Waals surface area contributed by atoms with Gasteiger partial charge in [0.25, 0.3) is 0 Å². The molecule has 4 heteroatoms. The van der Waals surface area contributed by atoms with Crippen LogP contribution >= 0.6 is 0 Å². The lowest BCUT2D eigenvalue weighted by atomic mass is 10.1. The molecule has 0 N–H and O–H groups in total. The summed E-state index contributed by atoms with van der Waals surface area (Å²) >= 11 is 0. The van der Waals surface area contributed by atoms with Crippen LogP contribution in [0.15, 0.2) is 34.9 Å². The van der Waals surface area contributed by atoms with Crippen molar-refractivity contribution >= 4 is 16.8 Å². The lowest BCUT2D eigenvalue weighted by molar-refractivity contribution is -0.0355. The minimum atomic E-state index is 0.135. The quantitative estimate of drug-likeness (QED) is 0.804. The van der Waals surface area contributed by atoms with E-state index in [4.69, 9.17) is 9.15 Å². The molecule has 0 aliphatic carbocycles. The van der Waals surface area contributed by atoms with Gasteiger partial charge in [-0.2, -0.15) is 0 Å². The predicted octanol–water partition coefficient (Wildman–Crippen LogP) is 2.48. The molecule has 4 rings (SSSR count). The van der Waals surface area contributed by atoms with Crippen LogP contribution in [0, 0.1) is 0 Å². The average molecular weight is 271 g/mol. The molecule has 2 atom stereocenters. The van der Waals surface area contributed by atoms with Gasteiger partial charge in [0.05, 0.1) is 24.3 Å². The number of ketones is 1. The lowest BCUT2D eigenvalue weighted by Gasteiger charge is -2.31. The van der Waals surface area contributed by atoms with Crippen LogP contribution in [0.2, 0.25) is 0 Å². The fourth-order valence-electron chi connectivity index (χ4n) is 3.31. The van der Waals surface area contributed by atoms with Crippen molar-refractivity contribution in [1.29, 1.82) is 0 Å². The van der Waals surface area contributed by atoms with Crippen LogP contribution in [0.25, 0.3) is 11.0 Å². The zero-order valence-corrected chi connectivity index (χ0v) is 11.2. The van der Waals surface area contributed by atoms with E-state index in [9.17, 15) is 4.79 Å². The van der Waals surface area contributed by atoms with E-state index in [0.717, 1.165) is 36.9 Å². The van der Waals surface area contributed by atoms with E-state index in [2.05, 4.69) is 4.90 Å². The van der Waals surface area contributed by atoms with Gasteiger partial charge in [-0.25, -0.2) is 0 Å². The molecule has 1 aromatic carbocycles. The number of hydrogen-bond donors (Lipinski definition) is 0. The third-order valence-corrected chi connectivity index (χ3v) is 4.27. The number of carbonyl (C=O) groups is 1. The molecule has 3 heterocycles. The molecule has 2 fully saturated rings. The summed E-state index contributed by atoms with van der Waals surface area (Å²) in [6.45, 7) is 2.20. The second kappa shape index (κ2) is 4.72. The molecule has 4 nitrogen and oxygen atoms in total. The Kier molecular flexibility index (Phi) is 2.86. The van der Waals surface area contributed by atoms with Crippen molar-refractivity contribution in [2.45, 2.75) is 25.0 Å². The molecule has 104 valence electrons. The smallest absolute Gasteiger partial charge is 0.180 e. The molecule has 0 saturated carbocycles. The molecule has 0 spiro atoms. The Balaban J connectivity index is 1.53. The van der Waals surface area contributed by atoms with Crippen molar-refractivity contribution in [3.8, 4) is 0 Å². The van der Waals surface area contributed by atoms with E-state index in [0.29, 0.717) is 24.3 Å². The lowest BCUT2D eigenvalue weighted by Crippen LogP contribution is -2.44. The van der Waals surface area contributed by atoms with Gasteiger partial charge in [-0.15, -0.1) is 0 Å². The van der Waals surface area contributed by atoms with Gasteiger partial charge in [-0.3, -0.25) is 9.69 Å². The van der Waals surface area contributed by atoms with E-state index in [1.807, 2.05) is 24.3 Å². The van der Waals surface area contributed by atoms with E-state index in [1.54, 1.807) is 6.26 Å². The Hall–Kier alpha value is -1.65. The van der Waals surface area contributed by atoms with Gasteiger partial charge in [0.2, 0.25) is 0 Å². The zero-order valence-electron chi connectivity index (χ0n) is 11.2. The fourth-order valence-corrected chi connectivity index (χ4v) is 3.31. The molecular weight excluding hydrogens is 254 g/mol. The second-order valence-corrected chi connectivity index (χ2v) is 5.72. The number of hydrogen-bond acceptors (Lipinski definition) is 4. The van der Waals surface area contributed by atoms with E-state index >= 15 is 0 Å². The molecule has 2 saturated heterocycles. The molecule has 20 heavy (non-hydrogen) atoms. The maximum Gasteiger partial charge on any atom is 0.180 e. The number of carbonyl (C=O) groups excluding carboxylic acids is 1. The third-order valence-electron chi connectivity index (χ3n) is 4.27. The van der Waals surface area contributed by atoms with Crippen molar-refractivity contribution in [3.05, 3.63) is 36.1 Å². The molecule has 2 aromatic rings. The number of morpholine rings is 1. The largest absolute Gasteiger partial charge is 0.464 e. The normalized spacial score (nSPS) is 26.2. The predicted molar refractivity (Wildman–Crippen MR) is 74.9 cm³/mol. The molecule has 2 aliphatic heterocycles. The topological polar surface area (TPSA) is 42.7 Å². The Bertz CT molecular complexity index is 636. The minimum absolute atomic E-state index is 0.135. The average Bonchev–Trinajstić information content (AvgIpc) is 3.02. The minimum Gasteiger partial charge on any atom is -0.464 e. The highest BCUT2D eigenvalue weighted by Crippen LogP contribution is 2.27. The zero-order chi connectivity index (χ0) is 13.5. The summed E-state index contributed by atoms with van der Waals surface area (Å²) in [5, 5.41) is 0.911. The summed E-state index contributed by atoms with van der Waals surface area (Å²) in [6.07, 6.45) is 4.49. The van der Waals surface area contributed by atoms with Crippen LogP contribution in [0.3, 0.4) is 0 Å². The Morgan fingerprint density at radius 3 is 2.75 bits per heavy atom. The molecule has 0 amide bonds. The van der Waals surface area contributed by atoms with Gasteiger partial charge in [-0.1, -0.05) is 18.2 Å². The number of benzene rings is 1. The van der Waals surface area contributed by atoms with Crippen molar-refractivity contribution in [3.63, 3.8) is 0 Å². The summed E-state index contributed by atoms with van der Waals surface area (Å²) in [4.78, 5) is 14.7. The summed E-state index contributed by atoms with van der Waals surface area (Å²) < 4.78 is 11.2. The van der Waals surface area contributed by atoms with Gasteiger partial charge >= 0.3 is 0 Å². The standard InChI is InChI=1S/C16H17NO3/c18-15(9-17-7-11-5-6-12(8-17)20-11)14-10-19-16-4-2-1-3-13(14)16/h1-4,10-12H,5-9H2. The highest BCUT2D eigenvalue weighted by atomic mass is 16.5. The first-order valence-corrected chi connectivity index (χ1v) is 7.17. The number of Topliss-reactive ketones (excluding diaryl/α,β-unsaturated/α-hetero) is 1. The molecule has 2 unspecified atom stereocenters. The third kappa shape index (κ3) is 2.05. The number of fused-ring (bicyclic) bond motifs is 3. The number of nitrogens with zero attached hydrogens (tertiary/aromatic N) is 1. The van der Waals surface area contributed by atoms with Crippen LogP contribution in [0.4, 0.5) is 0 Å². The first-order valence-electron chi connectivity index (χ1n) is 7.17. The molecule has 1 aromatic heterocycles. The summed E-state index contributed by atoms with van der Waals surface area (Å²) in [5.74, 6) is 0.135. The number of likely N-dealkylation sites (tertiary alicyclic amines) is 1. The number of para-hydroxylation sites is 1. The van der Waals surface area contributed by atoms with E-state index in [-0.39, 0.29) is 5.78 Å². The Labute approximate surface area is 117 Å². The van der Waals surface area contributed by atoms with Crippen LogP contribution in [-0.4, -0.2) is 42.5 Å². The maximum absolute atomic E-state index is 12.5. The molecule has 0 radical (unpaired) electrons. The van der Waals surface area contributed by atoms with Crippen molar-refractivity contribution in [1.82, 2.24) is 4.90 Å². The van der Waals surface area contributed by atoms with Crippen LogP contribution < -0.4 is 0 Å². The molecule has 2 aliphatic rings. The van der Waals surface area contributed by atoms with Crippen LogP contribution in [0.5, 0.6) is 0 Å². The summed E-state index contributed by atoms with van der Waals surface area (Å²) in [7, 11) is 0. The van der Waals surface area contributed by atoms with Gasteiger partial charge in [0.1, 0.15) is 11.8 Å². The van der Waals surface area contributed by atoms with E-state index < -0.39 is 0 Å². The van der Waals surface area contributed by atoms with Gasteiger partial charge < -0.3 is 9.15 Å². The van der Waals surface area contributed by atoms with Crippen molar-refractivity contribution in [2.24, 2.45) is 0 Å². The molecule has 2 bridgehead atoms. The summed E-state index contributed by atoms with van der Waals surface area (Å²) in [6, 6.07) is 7.68. The summed E-state index contributed by atoms with van der Waals surface area (Å²) in [5.41, 5.74) is 1.47. The Morgan fingerprint density at radius 2 is 1.95 bits per heavy atom. The van der Waals surface area contributed by atoms with Gasteiger partial charge in [0.15, 0.2) is 5.78 Å². The number of furan rings is 1. The maximum atomic E-state index is 12.5. The van der Waals surface area contributed by atoms with E-state index in [1.165, 1.54) is 0 Å². The van der Waals surface area contributed by atoms with Gasteiger partial charge in [-0.05, 0) is 18.9 Å². The van der Waals surface area contributed by atoms with Crippen LogP contribution in [-0.2, 0) is 4.74 Å². The van der Waals surface area contributed by atoms with Crippen molar-refractivity contribution < 1.29 is 13.9 Å². The fraction of sp³-hybridized carbons (Fsp3) is 0.438.